The van der Waals surface area contributed by atoms with Gasteiger partial charge >= 0.3 is 0 Å². The molecule has 158 valence electrons. The zero-order valence-electron chi connectivity index (χ0n) is 16.8. The van der Waals surface area contributed by atoms with E-state index in [2.05, 4.69) is 11.4 Å². The molecule has 0 aliphatic rings. The number of amides is 2. The number of rotatable bonds is 8. The number of nitrogens with zero attached hydrogens (tertiary/aromatic N) is 1. The molecule has 0 radical (unpaired) electrons. The normalized spacial score (nSPS) is 10.5. The number of nitrogens with one attached hydrogen (secondary N) is 1. The molecule has 0 saturated heterocycles. The molecule has 0 bridgehead atoms. The highest BCUT2D eigenvalue weighted by Crippen LogP contribution is 2.30. The highest BCUT2D eigenvalue weighted by atomic mass is 32.2. The van der Waals surface area contributed by atoms with E-state index in [0.29, 0.717) is 11.4 Å². The Morgan fingerprint density at radius 1 is 1.03 bits per heavy atom. The zero-order valence-corrected chi connectivity index (χ0v) is 17.6. The van der Waals surface area contributed by atoms with E-state index in [1.54, 1.807) is 0 Å². The van der Waals surface area contributed by atoms with Crippen LogP contribution in [0.2, 0.25) is 0 Å². The molecule has 3 N–H and O–H groups in total. The molecule has 3 aromatic carbocycles. The van der Waals surface area contributed by atoms with Crippen molar-refractivity contribution in [3.63, 3.8) is 0 Å². The molecule has 7 nitrogen and oxygen atoms in total. The Labute approximate surface area is 183 Å². The van der Waals surface area contributed by atoms with Gasteiger partial charge in [-0.3, -0.25) is 19.7 Å². The summed E-state index contributed by atoms with van der Waals surface area (Å²) in [5, 5.41) is 14.1. The van der Waals surface area contributed by atoms with E-state index in [1.165, 1.54) is 17.7 Å². The van der Waals surface area contributed by atoms with Crippen molar-refractivity contribution in [1.82, 2.24) is 5.32 Å². The topological polar surface area (TPSA) is 115 Å². The summed E-state index contributed by atoms with van der Waals surface area (Å²) in [4.78, 5) is 34.5. The van der Waals surface area contributed by atoms with Crippen LogP contribution in [0.1, 0.15) is 21.5 Å². The fraction of sp³-hybridized carbons (Fsp3) is 0.130. The number of carbonyl (C=O) groups excluding carboxylic acids is 2. The predicted octanol–water partition coefficient (Wildman–Crippen LogP) is 4.08. The summed E-state index contributed by atoms with van der Waals surface area (Å²) < 4.78 is 0. The summed E-state index contributed by atoms with van der Waals surface area (Å²) >= 11 is 1.03. The second-order valence-electron chi connectivity index (χ2n) is 6.94. The van der Waals surface area contributed by atoms with Crippen molar-refractivity contribution in [2.45, 2.75) is 18.4 Å². The van der Waals surface area contributed by atoms with Crippen molar-refractivity contribution in [3.8, 4) is 11.1 Å². The predicted molar refractivity (Wildman–Crippen MR) is 121 cm³/mol. The van der Waals surface area contributed by atoms with Crippen LogP contribution in [-0.2, 0) is 11.3 Å². The second-order valence-corrected chi connectivity index (χ2v) is 7.96. The highest BCUT2D eigenvalue weighted by molar-refractivity contribution is 8.00. The number of nitro groups is 1. The largest absolute Gasteiger partial charge is 0.366 e. The highest BCUT2D eigenvalue weighted by Gasteiger charge is 2.18. The number of nitro benzene ring substituents is 1. The van der Waals surface area contributed by atoms with E-state index >= 15 is 0 Å². The monoisotopic (exact) mass is 435 g/mol. The number of primary amides is 1. The smallest absolute Gasteiger partial charge is 0.283 e. The SMILES string of the molecule is Cc1cccc(-c2cccc(CNC(=O)CSc3ccc(C(N)=O)cc3[N+](=O)[O-])c2)c1. The lowest BCUT2D eigenvalue weighted by molar-refractivity contribution is -0.387. The van der Waals surface area contributed by atoms with Gasteiger partial charge in [0.1, 0.15) is 0 Å². The summed E-state index contributed by atoms with van der Waals surface area (Å²) in [6.07, 6.45) is 0. The lowest BCUT2D eigenvalue weighted by Gasteiger charge is -2.09. The van der Waals surface area contributed by atoms with Gasteiger partial charge in [-0.15, -0.1) is 11.8 Å². The molecule has 2 amide bonds. The van der Waals surface area contributed by atoms with Gasteiger partial charge in [0.15, 0.2) is 0 Å². The Kier molecular flexibility index (Phi) is 7.04. The third-order valence-electron chi connectivity index (χ3n) is 4.57. The summed E-state index contributed by atoms with van der Waals surface area (Å²) in [5.41, 5.74) is 9.27. The van der Waals surface area contributed by atoms with Crippen LogP contribution >= 0.6 is 11.8 Å². The van der Waals surface area contributed by atoms with Crippen LogP contribution in [0.4, 0.5) is 5.69 Å². The van der Waals surface area contributed by atoms with Gasteiger partial charge in [0.25, 0.3) is 5.69 Å². The molecule has 3 rings (SSSR count). The van der Waals surface area contributed by atoms with Crippen LogP contribution < -0.4 is 11.1 Å². The standard InChI is InChI=1S/C23H21N3O4S/c1-15-4-2-6-17(10-15)18-7-3-5-16(11-18)13-25-22(27)14-31-21-9-8-19(23(24)28)12-20(21)26(29)30/h2-12H,13-14H2,1H3,(H2,24,28)(H,25,27). The first-order chi connectivity index (χ1) is 14.8. The minimum atomic E-state index is -0.745. The van der Waals surface area contributed by atoms with Crippen LogP contribution in [0.15, 0.2) is 71.6 Å². The van der Waals surface area contributed by atoms with Crippen LogP contribution in [0.25, 0.3) is 11.1 Å². The van der Waals surface area contributed by atoms with Gasteiger partial charge in [-0.25, -0.2) is 0 Å². The Morgan fingerprint density at radius 3 is 2.42 bits per heavy atom. The molecule has 0 aromatic heterocycles. The van der Waals surface area contributed by atoms with Gasteiger partial charge in [-0.05, 0) is 41.8 Å². The Hall–Kier alpha value is -3.65. The molecular weight excluding hydrogens is 414 g/mol. The molecule has 3 aromatic rings. The van der Waals surface area contributed by atoms with Gasteiger partial charge in [0.2, 0.25) is 11.8 Å². The number of carbonyl (C=O) groups is 2. The minimum absolute atomic E-state index is 0.00826. The van der Waals surface area contributed by atoms with E-state index in [0.717, 1.165) is 34.5 Å². The average Bonchev–Trinajstić information content (AvgIpc) is 2.76. The van der Waals surface area contributed by atoms with E-state index < -0.39 is 10.8 Å². The molecule has 31 heavy (non-hydrogen) atoms. The molecule has 0 fully saturated rings. The second kappa shape index (κ2) is 9.90. The number of hydrogen-bond acceptors (Lipinski definition) is 5. The van der Waals surface area contributed by atoms with Crippen molar-refractivity contribution in [2.75, 3.05) is 5.75 Å². The molecular formula is C23H21N3O4S. The van der Waals surface area contributed by atoms with Gasteiger partial charge < -0.3 is 11.1 Å². The summed E-state index contributed by atoms with van der Waals surface area (Å²) in [7, 11) is 0. The van der Waals surface area contributed by atoms with Gasteiger partial charge in [0.05, 0.1) is 15.6 Å². The van der Waals surface area contributed by atoms with Gasteiger partial charge in [-0.1, -0.05) is 48.0 Å². The molecule has 0 saturated carbocycles. The number of nitrogens with two attached hydrogens (primary N) is 1. The van der Waals surface area contributed by atoms with Crippen molar-refractivity contribution >= 4 is 29.3 Å². The number of aryl methyl sites for hydroxylation is 1. The minimum Gasteiger partial charge on any atom is -0.366 e. The maximum absolute atomic E-state index is 12.3. The quantitative estimate of drug-likeness (QED) is 0.314. The van der Waals surface area contributed by atoms with E-state index in [4.69, 9.17) is 5.73 Å². The number of hydrogen-bond donors (Lipinski definition) is 2. The van der Waals surface area contributed by atoms with Gasteiger partial charge in [-0.2, -0.15) is 0 Å². The lowest BCUT2D eigenvalue weighted by atomic mass is 10.0. The fourth-order valence-electron chi connectivity index (χ4n) is 3.02. The third-order valence-corrected chi connectivity index (χ3v) is 5.63. The molecule has 0 aliphatic carbocycles. The molecule has 0 spiro atoms. The maximum Gasteiger partial charge on any atom is 0.283 e. The molecule has 0 aliphatic heterocycles. The fourth-order valence-corrected chi connectivity index (χ4v) is 3.85. The Balaban J connectivity index is 1.61. The summed E-state index contributed by atoms with van der Waals surface area (Å²) in [6, 6.07) is 20.1. The maximum atomic E-state index is 12.3. The third kappa shape index (κ3) is 5.93. The molecule has 0 heterocycles. The van der Waals surface area contributed by atoms with Crippen LogP contribution in [-0.4, -0.2) is 22.5 Å². The van der Waals surface area contributed by atoms with Gasteiger partial charge in [0, 0.05) is 18.2 Å². The van der Waals surface area contributed by atoms with E-state index in [-0.39, 0.29) is 22.9 Å². The molecule has 8 heteroatoms. The molecule has 0 atom stereocenters. The number of benzene rings is 3. The Morgan fingerprint density at radius 2 is 1.74 bits per heavy atom. The first kappa shape index (κ1) is 22.0. The summed E-state index contributed by atoms with van der Waals surface area (Å²) in [6.45, 7) is 2.39. The first-order valence-electron chi connectivity index (χ1n) is 9.47. The van der Waals surface area contributed by atoms with Crippen molar-refractivity contribution in [1.29, 1.82) is 0 Å². The van der Waals surface area contributed by atoms with Crippen molar-refractivity contribution < 1.29 is 14.5 Å². The average molecular weight is 436 g/mol. The summed E-state index contributed by atoms with van der Waals surface area (Å²) in [5.74, 6) is -0.988. The van der Waals surface area contributed by atoms with Crippen LogP contribution in [0.5, 0.6) is 0 Å². The number of thioether (sulfide) groups is 1. The van der Waals surface area contributed by atoms with Crippen LogP contribution in [0.3, 0.4) is 0 Å². The molecule has 0 unspecified atom stereocenters. The van der Waals surface area contributed by atoms with E-state index in [9.17, 15) is 19.7 Å². The Bertz CT molecular complexity index is 1150. The van der Waals surface area contributed by atoms with Crippen molar-refractivity contribution in [2.24, 2.45) is 5.73 Å². The zero-order chi connectivity index (χ0) is 22.4. The van der Waals surface area contributed by atoms with Crippen molar-refractivity contribution in [3.05, 3.63) is 93.5 Å². The lowest BCUT2D eigenvalue weighted by Crippen LogP contribution is -2.24. The first-order valence-corrected chi connectivity index (χ1v) is 10.5. The van der Waals surface area contributed by atoms with E-state index in [1.807, 2.05) is 49.4 Å². The van der Waals surface area contributed by atoms with Crippen LogP contribution in [0, 0.1) is 17.0 Å².